The van der Waals surface area contributed by atoms with Crippen molar-refractivity contribution in [2.45, 2.75) is 25.9 Å². The van der Waals surface area contributed by atoms with E-state index >= 15 is 0 Å². The summed E-state index contributed by atoms with van der Waals surface area (Å²) in [5, 5.41) is 4.65. The van der Waals surface area contributed by atoms with Crippen LogP contribution in [0.4, 0.5) is 4.39 Å². The number of hydrogen-bond acceptors (Lipinski definition) is 2. The second kappa shape index (κ2) is 5.90. The summed E-state index contributed by atoms with van der Waals surface area (Å²) < 4.78 is 15.2. The van der Waals surface area contributed by atoms with E-state index in [0.29, 0.717) is 22.8 Å². The van der Waals surface area contributed by atoms with Gasteiger partial charge >= 0.3 is 0 Å². The summed E-state index contributed by atoms with van der Waals surface area (Å²) in [6.07, 6.45) is 2.44. The summed E-state index contributed by atoms with van der Waals surface area (Å²) in [5.41, 5.74) is 7.32. The second-order valence-corrected chi connectivity index (χ2v) is 5.01. The normalized spacial score (nSPS) is 12.7. The van der Waals surface area contributed by atoms with E-state index in [1.54, 1.807) is 23.0 Å². The van der Waals surface area contributed by atoms with E-state index in [4.69, 9.17) is 28.9 Å². The fourth-order valence-corrected chi connectivity index (χ4v) is 2.48. The first-order valence-electron chi connectivity index (χ1n) is 5.97. The molecular formula is C13H14Cl2FN3. The van der Waals surface area contributed by atoms with Crippen molar-refractivity contribution in [1.82, 2.24) is 9.78 Å². The van der Waals surface area contributed by atoms with Crippen LogP contribution in [-0.4, -0.2) is 9.78 Å². The number of rotatable bonds is 4. The molecule has 1 unspecified atom stereocenters. The molecule has 19 heavy (non-hydrogen) atoms. The highest BCUT2D eigenvalue weighted by Gasteiger charge is 2.21. The van der Waals surface area contributed by atoms with Gasteiger partial charge in [-0.3, -0.25) is 4.68 Å². The smallest absolute Gasteiger partial charge is 0.142 e. The Morgan fingerprint density at radius 1 is 1.42 bits per heavy atom. The van der Waals surface area contributed by atoms with Gasteiger partial charge in [0.05, 0.1) is 28.0 Å². The monoisotopic (exact) mass is 301 g/mol. The molecule has 2 N–H and O–H groups in total. The van der Waals surface area contributed by atoms with Gasteiger partial charge in [0, 0.05) is 6.54 Å². The molecule has 0 spiro atoms. The van der Waals surface area contributed by atoms with Crippen LogP contribution in [0.5, 0.6) is 0 Å². The van der Waals surface area contributed by atoms with E-state index < -0.39 is 11.9 Å². The second-order valence-electron chi connectivity index (χ2n) is 4.22. The molecule has 1 heterocycles. The molecule has 0 aliphatic heterocycles. The predicted molar refractivity (Wildman–Crippen MR) is 75.0 cm³/mol. The first-order valence-corrected chi connectivity index (χ1v) is 6.72. The lowest BCUT2D eigenvalue weighted by Crippen LogP contribution is -2.18. The van der Waals surface area contributed by atoms with E-state index in [9.17, 15) is 4.39 Å². The van der Waals surface area contributed by atoms with Crippen LogP contribution in [0.1, 0.15) is 30.6 Å². The lowest BCUT2D eigenvalue weighted by Gasteiger charge is -2.16. The number of hydrogen-bond donors (Lipinski definition) is 1. The fourth-order valence-electron chi connectivity index (χ4n) is 1.98. The molecule has 0 aliphatic carbocycles. The summed E-state index contributed by atoms with van der Waals surface area (Å²) >= 11 is 12.1. The van der Waals surface area contributed by atoms with Gasteiger partial charge in [-0.2, -0.15) is 5.10 Å². The first-order chi connectivity index (χ1) is 9.06. The van der Waals surface area contributed by atoms with Crippen LogP contribution in [0.3, 0.4) is 0 Å². The van der Waals surface area contributed by atoms with Crippen LogP contribution in [0.2, 0.25) is 10.0 Å². The zero-order chi connectivity index (χ0) is 14.0. The number of aromatic nitrogens is 2. The van der Waals surface area contributed by atoms with Crippen LogP contribution >= 0.6 is 23.2 Å². The molecule has 0 amide bonds. The molecule has 0 bridgehead atoms. The summed E-state index contributed by atoms with van der Waals surface area (Å²) in [4.78, 5) is 0. The minimum Gasteiger partial charge on any atom is -0.319 e. The molecule has 0 radical (unpaired) electrons. The molecule has 2 aromatic rings. The maximum Gasteiger partial charge on any atom is 0.142 e. The largest absolute Gasteiger partial charge is 0.319 e. The molecule has 2 rings (SSSR count). The number of aryl methyl sites for hydroxylation is 1. The molecule has 3 nitrogen and oxygen atoms in total. The Morgan fingerprint density at radius 3 is 2.84 bits per heavy atom. The number of halogens is 3. The molecule has 102 valence electrons. The summed E-state index contributed by atoms with van der Waals surface area (Å²) in [5.74, 6) is -0.493. The Hall–Kier alpha value is -1.10. The van der Waals surface area contributed by atoms with Gasteiger partial charge in [-0.1, -0.05) is 42.3 Å². The molecule has 1 atom stereocenters. The number of nitrogens with two attached hydrogens (primary N) is 1. The van der Waals surface area contributed by atoms with Crippen LogP contribution < -0.4 is 5.73 Å². The van der Waals surface area contributed by atoms with Gasteiger partial charge in [-0.15, -0.1) is 0 Å². The van der Waals surface area contributed by atoms with Crippen molar-refractivity contribution in [2.24, 2.45) is 5.73 Å². The van der Waals surface area contributed by atoms with Crippen molar-refractivity contribution < 1.29 is 4.39 Å². The lowest BCUT2D eigenvalue weighted by atomic mass is 10.0. The van der Waals surface area contributed by atoms with Crippen molar-refractivity contribution >= 4 is 23.2 Å². The molecule has 6 heteroatoms. The van der Waals surface area contributed by atoms with Gasteiger partial charge in [0.25, 0.3) is 0 Å². The Kier molecular flexibility index (Phi) is 4.45. The van der Waals surface area contributed by atoms with Crippen LogP contribution in [0.15, 0.2) is 24.4 Å². The molecule has 0 saturated heterocycles. The SMILES string of the molecule is CCCn1ncc(Cl)c1C(N)c1cccc(F)c1Cl. The molecule has 0 saturated carbocycles. The van der Waals surface area contributed by atoms with Crippen molar-refractivity contribution in [3.63, 3.8) is 0 Å². The van der Waals surface area contributed by atoms with Crippen molar-refractivity contribution in [3.8, 4) is 0 Å². The Labute approximate surface area is 121 Å². The molecular weight excluding hydrogens is 288 g/mol. The van der Waals surface area contributed by atoms with Gasteiger partial charge in [0.2, 0.25) is 0 Å². The van der Waals surface area contributed by atoms with E-state index in [0.717, 1.165) is 6.42 Å². The Balaban J connectivity index is 2.46. The predicted octanol–water partition coefficient (Wildman–Crippen LogP) is 3.79. The van der Waals surface area contributed by atoms with E-state index in [2.05, 4.69) is 5.10 Å². The van der Waals surface area contributed by atoms with Gasteiger partial charge in [0.1, 0.15) is 5.82 Å². The maximum absolute atomic E-state index is 13.5. The number of nitrogens with zero attached hydrogens (tertiary/aromatic N) is 2. The average molecular weight is 302 g/mol. The van der Waals surface area contributed by atoms with Crippen LogP contribution in [0.25, 0.3) is 0 Å². The van der Waals surface area contributed by atoms with Gasteiger partial charge < -0.3 is 5.73 Å². The minimum absolute atomic E-state index is 0.0234. The summed E-state index contributed by atoms with van der Waals surface area (Å²) in [6.45, 7) is 2.72. The average Bonchev–Trinajstić information content (AvgIpc) is 2.74. The summed E-state index contributed by atoms with van der Waals surface area (Å²) in [6, 6.07) is 3.95. The highest BCUT2D eigenvalue weighted by molar-refractivity contribution is 6.32. The third-order valence-electron chi connectivity index (χ3n) is 2.88. The zero-order valence-corrected chi connectivity index (χ0v) is 11.9. The fraction of sp³-hybridized carbons (Fsp3) is 0.308. The Bertz CT molecular complexity index is 583. The maximum atomic E-state index is 13.5. The van der Waals surface area contributed by atoms with Gasteiger partial charge in [0.15, 0.2) is 0 Å². The van der Waals surface area contributed by atoms with E-state index in [1.807, 2.05) is 6.92 Å². The highest BCUT2D eigenvalue weighted by atomic mass is 35.5. The third-order valence-corrected chi connectivity index (χ3v) is 3.57. The van der Waals surface area contributed by atoms with Crippen molar-refractivity contribution in [1.29, 1.82) is 0 Å². The highest BCUT2D eigenvalue weighted by Crippen LogP contribution is 2.31. The van der Waals surface area contributed by atoms with Gasteiger partial charge in [-0.05, 0) is 18.1 Å². The van der Waals surface area contributed by atoms with E-state index in [1.165, 1.54) is 6.07 Å². The molecule has 1 aromatic heterocycles. The standard InChI is InChI=1S/C13H14Cl2FN3/c1-2-6-19-13(9(14)7-18-19)12(17)8-4-3-5-10(16)11(8)15/h3-5,7,12H,2,6,17H2,1H3. The molecule has 1 aromatic carbocycles. The zero-order valence-electron chi connectivity index (χ0n) is 10.4. The van der Waals surface area contributed by atoms with Crippen LogP contribution in [-0.2, 0) is 6.54 Å². The molecule has 0 aliphatic rings. The van der Waals surface area contributed by atoms with Crippen LogP contribution in [0, 0.1) is 5.82 Å². The van der Waals surface area contributed by atoms with Crippen molar-refractivity contribution in [2.75, 3.05) is 0 Å². The first kappa shape index (κ1) is 14.3. The quantitative estimate of drug-likeness (QED) is 0.934. The third kappa shape index (κ3) is 2.76. The van der Waals surface area contributed by atoms with Crippen molar-refractivity contribution in [3.05, 3.63) is 51.5 Å². The summed E-state index contributed by atoms with van der Waals surface area (Å²) in [7, 11) is 0. The van der Waals surface area contributed by atoms with Gasteiger partial charge in [-0.25, -0.2) is 4.39 Å². The topological polar surface area (TPSA) is 43.8 Å². The molecule has 0 fully saturated rings. The van der Waals surface area contributed by atoms with E-state index in [-0.39, 0.29) is 5.02 Å². The Morgan fingerprint density at radius 2 is 2.16 bits per heavy atom. The lowest BCUT2D eigenvalue weighted by molar-refractivity contribution is 0.558. The minimum atomic E-state index is -0.607. The number of benzene rings is 1.